The van der Waals surface area contributed by atoms with E-state index in [1.54, 1.807) is 6.26 Å². The van der Waals surface area contributed by atoms with Gasteiger partial charge in [-0.25, -0.2) is 0 Å². The summed E-state index contributed by atoms with van der Waals surface area (Å²) in [6.45, 7) is 6.06. The molecule has 1 heterocycles. The molecule has 2 aromatic carbocycles. The first kappa shape index (κ1) is 15.6. The van der Waals surface area contributed by atoms with Crippen molar-refractivity contribution in [3.05, 3.63) is 63.9 Å². The van der Waals surface area contributed by atoms with Gasteiger partial charge in [-0.1, -0.05) is 17.7 Å². The molecule has 0 spiro atoms. The van der Waals surface area contributed by atoms with Gasteiger partial charge in [0.15, 0.2) is 0 Å². The van der Waals surface area contributed by atoms with E-state index in [0.29, 0.717) is 10.7 Å². The summed E-state index contributed by atoms with van der Waals surface area (Å²) >= 11 is 6.16. The maximum atomic E-state index is 12.3. The van der Waals surface area contributed by atoms with Crippen molar-refractivity contribution in [2.45, 2.75) is 27.2 Å². The van der Waals surface area contributed by atoms with E-state index in [1.165, 1.54) is 11.1 Å². The number of amides is 1. The molecule has 0 aliphatic carbocycles. The SMILES string of the molecule is Cc1ccc(NC(=O)Cc2coc3cc(C)c(C)cc23)c(Cl)c1. The number of nitrogens with one attached hydrogen (secondary N) is 1. The molecule has 0 unspecified atom stereocenters. The second-order valence-electron chi connectivity index (χ2n) is 5.90. The van der Waals surface area contributed by atoms with Crippen LogP contribution in [0.15, 0.2) is 41.0 Å². The molecule has 0 bridgehead atoms. The predicted octanol–water partition coefficient (Wildman–Crippen LogP) is 5.19. The molecule has 3 rings (SSSR count). The number of benzene rings is 2. The third-order valence-corrected chi connectivity index (χ3v) is 4.33. The lowest BCUT2D eigenvalue weighted by Crippen LogP contribution is -2.14. The summed E-state index contributed by atoms with van der Waals surface area (Å²) in [5, 5.41) is 4.38. The van der Waals surface area contributed by atoms with Gasteiger partial charge in [0, 0.05) is 10.9 Å². The Labute approximate surface area is 140 Å². The molecule has 4 heteroatoms. The van der Waals surface area contributed by atoms with E-state index in [1.807, 2.05) is 38.1 Å². The van der Waals surface area contributed by atoms with Crippen molar-refractivity contribution in [3.63, 3.8) is 0 Å². The number of hydrogen-bond acceptors (Lipinski definition) is 2. The third-order valence-electron chi connectivity index (χ3n) is 4.02. The number of hydrogen-bond donors (Lipinski definition) is 1. The lowest BCUT2D eigenvalue weighted by molar-refractivity contribution is -0.115. The van der Waals surface area contributed by atoms with Gasteiger partial charge in [0.25, 0.3) is 0 Å². The minimum Gasteiger partial charge on any atom is -0.464 e. The predicted molar refractivity (Wildman–Crippen MR) is 94.2 cm³/mol. The summed E-state index contributed by atoms with van der Waals surface area (Å²) in [5.74, 6) is -0.114. The number of carbonyl (C=O) groups is 1. The molecule has 0 fully saturated rings. The fraction of sp³-hybridized carbons (Fsp3) is 0.211. The highest BCUT2D eigenvalue weighted by atomic mass is 35.5. The zero-order chi connectivity index (χ0) is 16.6. The summed E-state index contributed by atoms with van der Waals surface area (Å²) in [6.07, 6.45) is 1.90. The van der Waals surface area contributed by atoms with Gasteiger partial charge in [0.05, 0.1) is 23.4 Å². The van der Waals surface area contributed by atoms with E-state index in [4.69, 9.17) is 16.0 Å². The molecule has 3 aromatic rings. The quantitative estimate of drug-likeness (QED) is 0.719. The van der Waals surface area contributed by atoms with Crippen molar-refractivity contribution in [3.8, 4) is 0 Å². The Kier molecular flexibility index (Phi) is 4.14. The maximum absolute atomic E-state index is 12.3. The van der Waals surface area contributed by atoms with Crippen LogP contribution >= 0.6 is 11.6 Å². The van der Waals surface area contributed by atoms with Crippen LogP contribution in [0, 0.1) is 20.8 Å². The number of furan rings is 1. The van der Waals surface area contributed by atoms with Crippen molar-refractivity contribution < 1.29 is 9.21 Å². The summed E-state index contributed by atoms with van der Waals surface area (Å²) in [5.41, 5.74) is 5.73. The molecule has 0 atom stereocenters. The number of rotatable bonds is 3. The number of fused-ring (bicyclic) bond motifs is 1. The third kappa shape index (κ3) is 3.25. The maximum Gasteiger partial charge on any atom is 0.228 e. The van der Waals surface area contributed by atoms with E-state index in [2.05, 4.69) is 18.3 Å². The normalized spacial score (nSPS) is 11.0. The van der Waals surface area contributed by atoms with E-state index < -0.39 is 0 Å². The van der Waals surface area contributed by atoms with Gasteiger partial charge in [0.1, 0.15) is 5.58 Å². The average molecular weight is 328 g/mol. The monoisotopic (exact) mass is 327 g/mol. The van der Waals surface area contributed by atoms with Gasteiger partial charge >= 0.3 is 0 Å². The van der Waals surface area contributed by atoms with Crippen LogP contribution in [-0.2, 0) is 11.2 Å². The van der Waals surface area contributed by atoms with Gasteiger partial charge in [0.2, 0.25) is 5.91 Å². The van der Waals surface area contributed by atoms with E-state index in [0.717, 1.165) is 22.1 Å². The summed E-state index contributed by atoms with van der Waals surface area (Å²) in [4.78, 5) is 12.3. The summed E-state index contributed by atoms with van der Waals surface area (Å²) < 4.78 is 5.57. The van der Waals surface area contributed by atoms with Crippen LogP contribution < -0.4 is 5.32 Å². The molecule has 118 valence electrons. The summed E-state index contributed by atoms with van der Waals surface area (Å²) in [7, 11) is 0. The average Bonchev–Trinajstić information content (AvgIpc) is 2.85. The highest BCUT2D eigenvalue weighted by Gasteiger charge is 2.13. The lowest BCUT2D eigenvalue weighted by Gasteiger charge is -2.07. The van der Waals surface area contributed by atoms with Crippen LogP contribution in [0.2, 0.25) is 5.02 Å². The highest BCUT2D eigenvalue weighted by Crippen LogP contribution is 2.26. The molecule has 1 N–H and O–H groups in total. The topological polar surface area (TPSA) is 42.2 Å². The first-order valence-electron chi connectivity index (χ1n) is 7.47. The largest absolute Gasteiger partial charge is 0.464 e. The molecule has 1 aromatic heterocycles. The Morgan fingerprint density at radius 2 is 1.87 bits per heavy atom. The molecule has 0 aliphatic rings. The van der Waals surface area contributed by atoms with Crippen molar-refractivity contribution >= 4 is 34.2 Å². The molecule has 0 aliphatic heterocycles. The molecule has 0 saturated carbocycles. The van der Waals surface area contributed by atoms with Gasteiger partial charge in [-0.2, -0.15) is 0 Å². The van der Waals surface area contributed by atoms with Gasteiger partial charge in [-0.05, 0) is 61.7 Å². The second kappa shape index (κ2) is 6.09. The zero-order valence-corrected chi connectivity index (χ0v) is 14.1. The zero-order valence-electron chi connectivity index (χ0n) is 13.4. The van der Waals surface area contributed by atoms with Crippen LogP contribution in [0.5, 0.6) is 0 Å². The van der Waals surface area contributed by atoms with Gasteiger partial charge < -0.3 is 9.73 Å². The first-order valence-corrected chi connectivity index (χ1v) is 7.85. The van der Waals surface area contributed by atoms with Crippen LogP contribution in [0.1, 0.15) is 22.3 Å². The number of carbonyl (C=O) groups excluding carboxylic acids is 1. The highest BCUT2D eigenvalue weighted by molar-refractivity contribution is 6.33. The summed E-state index contributed by atoms with van der Waals surface area (Å²) in [6, 6.07) is 9.63. The van der Waals surface area contributed by atoms with Crippen molar-refractivity contribution in [2.24, 2.45) is 0 Å². The van der Waals surface area contributed by atoms with E-state index >= 15 is 0 Å². The first-order chi connectivity index (χ1) is 10.9. The number of aryl methyl sites for hydroxylation is 3. The van der Waals surface area contributed by atoms with E-state index in [9.17, 15) is 4.79 Å². The smallest absolute Gasteiger partial charge is 0.228 e. The Bertz CT molecular complexity index is 896. The number of halogens is 1. The van der Waals surface area contributed by atoms with Crippen molar-refractivity contribution in [2.75, 3.05) is 5.32 Å². The van der Waals surface area contributed by atoms with Crippen LogP contribution in [-0.4, -0.2) is 5.91 Å². The molecular weight excluding hydrogens is 310 g/mol. The Hall–Kier alpha value is -2.26. The van der Waals surface area contributed by atoms with Crippen LogP contribution in [0.3, 0.4) is 0 Å². The Balaban J connectivity index is 1.81. The minimum atomic E-state index is -0.114. The van der Waals surface area contributed by atoms with E-state index in [-0.39, 0.29) is 12.3 Å². The van der Waals surface area contributed by atoms with Crippen LogP contribution in [0.25, 0.3) is 11.0 Å². The van der Waals surface area contributed by atoms with Crippen molar-refractivity contribution in [1.82, 2.24) is 0 Å². The second-order valence-corrected chi connectivity index (χ2v) is 6.31. The van der Waals surface area contributed by atoms with Gasteiger partial charge in [-0.15, -0.1) is 0 Å². The fourth-order valence-electron chi connectivity index (χ4n) is 2.56. The Morgan fingerprint density at radius 3 is 2.61 bits per heavy atom. The molecule has 0 radical (unpaired) electrons. The standard InChI is InChI=1S/C19H18ClNO2/c1-11-4-5-17(16(20)6-11)21-19(22)9-14-10-23-18-8-13(3)12(2)7-15(14)18/h4-8,10H,9H2,1-3H3,(H,21,22). The van der Waals surface area contributed by atoms with Gasteiger partial charge in [-0.3, -0.25) is 4.79 Å². The molecular formula is C19H18ClNO2. The molecule has 1 amide bonds. The lowest BCUT2D eigenvalue weighted by atomic mass is 10.0. The Morgan fingerprint density at radius 1 is 1.13 bits per heavy atom. The fourth-order valence-corrected chi connectivity index (χ4v) is 2.84. The molecule has 3 nitrogen and oxygen atoms in total. The molecule has 0 saturated heterocycles. The van der Waals surface area contributed by atoms with Crippen LogP contribution in [0.4, 0.5) is 5.69 Å². The number of anilines is 1. The van der Waals surface area contributed by atoms with Crippen molar-refractivity contribution in [1.29, 1.82) is 0 Å². The molecule has 23 heavy (non-hydrogen) atoms. The minimum absolute atomic E-state index is 0.114.